The van der Waals surface area contributed by atoms with E-state index in [0.717, 1.165) is 38.2 Å². The van der Waals surface area contributed by atoms with Crippen molar-refractivity contribution in [2.45, 2.75) is 49.1 Å². The largest absolute Gasteiger partial charge is 0.435 e. The van der Waals surface area contributed by atoms with Crippen molar-refractivity contribution in [1.29, 1.82) is 0 Å². The predicted octanol–water partition coefficient (Wildman–Crippen LogP) is 3.59. The summed E-state index contributed by atoms with van der Waals surface area (Å²) in [4.78, 5) is -0.0985. The van der Waals surface area contributed by atoms with Gasteiger partial charge in [0.15, 0.2) is 5.69 Å². The van der Waals surface area contributed by atoms with Gasteiger partial charge in [-0.3, -0.25) is 0 Å². The summed E-state index contributed by atoms with van der Waals surface area (Å²) in [6.07, 6.45) is 0.134. The molecular formula is C16H18F3N3O2S. The molecule has 1 heterocycles. The van der Waals surface area contributed by atoms with Crippen LogP contribution in [-0.4, -0.2) is 18.2 Å². The molecule has 1 aliphatic carbocycles. The van der Waals surface area contributed by atoms with Gasteiger partial charge in [0.25, 0.3) is 0 Å². The van der Waals surface area contributed by atoms with Gasteiger partial charge in [-0.25, -0.2) is 18.2 Å². The fourth-order valence-corrected chi connectivity index (χ4v) is 3.72. The molecule has 25 heavy (non-hydrogen) atoms. The van der Waals surface area contributed by atoms with Gasteiger partial charge in [0.2, 0.25) is 10.0 Å². The lowest BCUT2D eigenvalue weighted by molar-refractivity contribution is -0.141. The molecule has 1 aromatic heterocycles. The maximum atomic E-state index is 13.1. The lowest BCUT2D eigenvalue weighted by Gasteiger charge is -2.22. The number of benzene rings is 1. The fourth-order valence-electron chi connectivity index (χ4n) is 3.21. The quantitative estimate of drug-likeness (QED) is 0.893. The molecule has 2 N–H and O–H groups in total. The van der Waals surface area contributed by atoms with Crippen molar-refractivity contribution in [3.05, 3.63) is 41.7 Å². The number of hydrogen-bond acceptors (Lipinski definition) is 3. The second-order valence-electron chi connectivity index (χ2n) is 6.24. The van der Waals surface area contributed by atoms with Crippen LogP contribution in [0.4, 0.5) is 13.2 Å². The summed E-state index contributed by atoms with van der Waals surface area (Å²) in [6, 6.07) is 6.47. The summed E-state index contributed by atoms with van der Waals surface area (Å²) in [5.74, 6) is 0.00951. The van der Waals surface area contributed by atoms with E-state index in [0.29, 0.717) is 11.4 Å². The molecule has 0 radical (unpaired) electrons. The van der Waals surface area contributed by atoms with Crippen LogP contribution in [0.2, 0.25) is 0 Å². The Morgan fingerprint density at radius 2 is 1.68 bits per heavy atom. The van der Waals surface area contributed by atoms with Crippen LogP contribution in [-0.2, 0) is 16.2 Å². The molecule has 0 atom stereocenters. The highest BCUT2D eigenvalue weighted by atomic mass is 32.2. The highest BCUT2D eigenvalue weighted by Crippen LogP contribution is 2.37. The first-order valence-corrected chi connectivity index (χ1v) is 9.51. The monoisotopic (exact) mass is 373 g/mol. The smallest absolute Gasteiger partial charge is 0.237 e. The van der Waals surface area contributed by atoms with Crippen LogP contribution in [0, 0.1) is 0 Å². The van der Waals surface area contributed by atoms with Gasteiger partial charge in [-0.15, -0.1) is 0 Å². The van der Waals surface area contributed by atoms with Crippen LogP contribution in [0.25, 0.3) is 5.69 Å². The van der Waals surface area contributed by atoms with E-state index in [-0.39, 0.29) is 10.8 Å². The number of nitrogens with zero attached hydrogens (tertiary/aromatic N) is 2. The molecule has 0 unspecified atom stereocenters. The van der Waals surface area contributed by atoms with Crippen molar-refractivity contribution >= 4 is 10.0 Å². The molecule has 1 saturated carbocycles. The van der Waals surface area contributed by atoms with Gasteiger partial charge in [-0.05, 0) is 43.2 Å². The molecule has 5 nitrogen and oxygen atoms in total. The Balaban J connectivity index is 2.05. The average Bonchev–Trinajstić information content (AvgIpc) is 3.00. The number of rotatable bonds is 3. The van der Waals surface area contributed by atoms with E-state index in [1.165, 1.54) is 28.9 Å². The molecule has 0 aliphatic heterocycles. The lowest BCUT2D eigenvalue weighted by Crippen LogP contribution is -2.13. The summed E-state index contributed by atoms with van der Waals surface area (Å²) in [5, 5.41) is 8.78. The normalized spacial score (nSPS) is 17.0. The number of nitrogens with two attached hydrogens (primary N) is 1. The maximum absolute atomic E-state index is 13.1. The number of alkyl halides is 3. The molecule has 3 rings (SSSR count). The summed E-state index contributed by atoms with van der Waals surface area (Å²) in [7, 11) is -3.86. The zero-order valence-corrected chi connectivity index (χ0v) is 14.1. The second-order valence-corrected chi connectivity index (χ2v) is 7.80. The number of primary sulfonamides is 1. The van der Waals surface area contributed by atoms with Crippen LogP contribution < -0.4 is 5.14 Å². The molecule has 1 aromatic carbocycles. The van der Waals surface area contributed by atoms with Crippen molar-refractivity contribution < 1.29 is 21.6 Å². The molecule has 0 bridgehead atoms. The molecule has 9 heteroatoms. The highest BCUT2D eigenvalue weighted by molar-refractivity contribution is 7.89. The SMILES string of the molecule is NS(=O)(=O)c1ccc(-n2nc(C(F)(F)F)cc2C2CCCCC2)cc1. The van der Waals surface area contributed by atoms with E-state index in [9.17, 15) is 21.6 Å². The third-order valence-corrected chi connectivity index (χ3v) is 5.39. The number of hydrogen-bond donors (Lipinski definition) is 1. The summed E-state index contributed by atoms with van der Waals surface area (Å²) < 4.78 is 63.3. The van der Waals surface area contributed by atoms with Crippen molar-refractivity contribution in [2.24, 2.45) is 5.14 Å². The zero-order valence-electron chi connectivity index (χ0n) is 13.3. The topological polar surface area (TPSA) is 78.0 Å². The van der Waals surface area contributed by atoms with Gasteiger partial charge < -0.3 is 0 Å². The third-order valence-electron chi connectivity index (χ3n) is 4.46. The summed E-state index contributed by atoms with van der Waals surface area (Å²) in [5.41, 5.74) is -0.0533. The molecule has 0 amide bonds. The fraction of sp³-hybridized carbons (Fsp3) is 0.438. The first kappa shape index (κ1) is 17.9. The van der Waals surface area contributed by atoms with Crippen molar-refractivity contribution in [3.8, 4) is 5.69 Å². The highest BCUT2D eigenvalue weighted by Gasteiger charge is 2.36. The number of sulfonamides is 1. The van der Waals surface area contributed by atoms with Gasteiger partial charge in [0, 0.05) is 11.6 Å². The van der Waals surface area contributed by atoms with Crippen LogP contribution >= 0.6 is 0 Å². The van der Waals surface area contributed by atoms with Crippen molar-refractivity contribution in [2.75, 3.05) is 0 Å². The van der Waals surface area contributed by atoms with Gasteiger partial charge >= 0.3 is 6.18 Å². The Bertz CT molecular complexity index is 852. The maximum Gasteiger partial charge on any atom is 0.435 e. The Morgan fingerprint density at radius 1 is 1.08 bits per heavy atom. The van der Waals surface area contributed by atoms with E-state index in [4.69, 9.17) is 5.14 Å². The first-order valence-electron chi connectivity index (χ1n) is 7.96. The van der Waals surface area contributed by atoms with Crippen molar-refractivity contribution in [3.63, 3.8) is 0 Å². The molecule has 2 aromatic rings. The first-order chi connectivity index (χ1) is 11.7. The zero-order chi connectivity index (χ0) is 18.2. The molecular weight excluding hydrogens is 355 g/mol. The van der Waals surface area contributed by atoms with Gasteiger partial charge in [0.1, 0.15) is 0 Å². The standard InChI is InChI=1S/C16H18F3N3O2S/c17-16(18,19)15-10-14(11-4-2-1-3-5-11)22(21-15)12-6-8-13(9-7-12)25(20,23)24/h6-11H,1-5H2,(H2,20,23,24). The van der Waals surface area contributed by atoms with Gasteiger partial charge in [-0.1, -0.05) is 19.3 Å². The van der Waals surface area contributed by atoms with Crippen LogP contribution in [0.5, 0.6) is 0 Å². The van der Waals surface area contributed by atoms with Crippen LogP contribution in [0.1, 0.15) is 49.4 Å². The Morgan fingerprint density at radius 3 is 2.20 bits per heavy atom. The van der Waals surface area contributed by atoms with E-state index in [1.807, 2.05) is 0 Å². The minimum atomic E-state index is -4.53. The average molecular weight is 373 g/mol. The molecule has 136 valence electrons. The van der Waals surface area contributed by atoms with E-state index < -0.39 is 21.9 Å². The Hall–Kier alpha value is -1.87. The third kappa shape index (κ3) is 3.87. The Kier molecular flexibility index (Phi) is 4.63. The van der Waals surface area contributed by atoms with Crippen LogP contribution in [0.15, 0.2) is 35.2 Å². The predicted molar refractivity (Wildman–Crippen MR) is 85.8 cm³/mol. The number of aromatic nitrogens is 2. The lowest BCUT2D eigenvalue weighted by atomic mass is 9.86. The minimum Gasteiger partial charge on any atom is -0.237 e. The van der Waals surface area contributed by atoms with E-state index >= 15 is 0 Å². The van der Waals surface area contributed by atoms with Gasteiger partial charge in [0.05, 0.1) is 10.6 Å². The Labute approximate surface area is 143 Å². The molecule has 1 fully saturated rings. The van der Waals surface area contributed by atoms with Gasteiger partial charge in [-0.2, -0.15) is 18.3 Å². The molecule has 1 aliphatic rings. The van der Waals surface area contributed by atoms with E-state index in [1.54, 1.807) is 0 Å². The van der Waals surface area contributed by atoms with Crippen molar-refractivity contribution in [1.82, 2.24) is 9.78 Å². The van der Waals surface area contributed by atoms with Crippen LogP contribution in [0.3, 0.4) is 0 Å². The van der Waals surface area contributed by atoms with E-state index in [2.05, 4.69) is 5.10 Å². The molecule has 0 spiro atoms. The molecule has 0 saturated heterocycles. The summed E-state index contributed by atoms with van der Waals surface area (Å²) in [6.45, 7) is 0. The number of halogens is 3. The second kappa shape index (κ2) is 6.45. The minimum absolute atomic E-state index is 0.00951. The summed E-state index contributed by atoms with van der Waals surface area (Å²) >= 11 is 0.